The zero-order valence-electron chi connectivity index (χ0n) is 10.1. The zero-order chi connectivity index (χ0) is 12.3. The van der Waals surface area contributed by atoms with E-state index in [-0.39, 0.29) is 11.6 Å². The Morgan fingerprint density at radius 2 is 2.29 bits per heavy atom. The van der Waals surface area contributed by atoms with Crippen molar-refractivity contribution in [3.63, 3.8) is 0 Å². The number of hydrogen-bond acceptors (Lipinski definition) is 3. The van der Waals surface area contributed by atoms with Crippen LogP contribution in [0.1, 0.15) is 24.8 Å². The maximum absolute atomic E-state index is 5.98. The standard InChI is InChI=1S/C13H19ClN2O/c1-17-13(6-3-7-13)12(16-15)9-10-4-2-5-11(14)8-10/h2,4-5,8,12,16H,3,6-7,9,15H2,1H3. The lowest BCUT2D eigenvalue weighted by Gasteiger charge is -2.46. The van der Waals surface area contributed by atoms with Gasteiger partial charge in [-0.05, 0) is 43.4 Å². The maximum Gasteiger partial charge on any atom is 0.0847 e. The third-order valence-corrected chi connectivity index (χ3v) is 4.01. The van der Waals surface area contributed by atoms with Crippen LogP contribution in [0.5, 0.6) is 0 Å². The summed E-state index contributed by atoms with van der Waals surface area (Å²) < 4.78 is 5.65. The first-order valence-corrected chi connectivity index (χ1v) is 6.34. The predicted molar refractivity (Wildman–Crippen MR) is 69.9 cm³/mol. The van der Waals surface area contributed by atoms with Crippen LogP contribution >= 0.6 is 11.6 Å². The Morgan fingerprint density at radius 3 is 2.76 bits per heavy atom. The van der Waals surface area contributed by atoms with E-state index in [0.717, 1.165) is 24.3 Å². The van der Waals surface area contributed by atoms with Gasteiger partial charge in [-0.2, -0.15) is 0 Å². The summed E-state index contributed by atoms with van der Waals surface area (Å²) >= 11 is 5.98. The molecular formula is C13H19ClN2O. The molecule has 0 bridgehead atoms. The zero-order valence-corrected chi connectivity index (χ0v) is 10.8. The summed E-state index contributed by atoms with van der Waals surface area (Å²) in [6.45, 7) is 0. The average molecular weight is 255 g/mol. The molecule has 1 unspecified atom stereocenters. The van der Waals surface area contributed by atoms with Gasteiger partial charge in [0.2, 0.25) is 0 Å². The number of rotatable bonds is 5. The third-order valence-electron chi connectivity index (χ3n) is 3.77. The second kappa shape index (κ2) is 5.36. The van der Waals surface area contributed by atoms with Crippen LogP contribution in [0.25, 0.3) is 0 Å². The molecule has 2 rings (SSSR count). The molecule has 4 heteroatoms. The molecule has 0 heterocycles. The quantitative estimate of drug-likeness (QED) is 0.626. The van der Waals surface area contributed by atoms with E-state index in [2.05, 4.69) is 11.5 Å². The highest BCUT2D eigenvalue weighted by molar-refractivity contribution is 6.30. The van der Waals surface area contributed by atoms with E-state index in [9.17, 15) is 0 Å². The minimum absolute atomic E-state index is 0.100. The number of nitrogens with one attached hydrogen (secondary N) is 1. The molecule has 17 heavy (non-hydrogen) atoms. The van der Waals surface area contributed by atoms with Crippen LogP contribution in [0, 0.1) is 0 Å². The maximum atomic E-state index is 5.98. The Balaban J connectivity index is 2.09. The van der Waals surface area contributed by atoms with Gasteiger partial charge in [0.05, 0.1) is 11.6 Å². The summed E-state index contributed by atoms with van der Waals surface area (Å²) in [7, 11) is 1.77. The minimum atomic E-state index is -0.100. The van der Waals surface area contributed by atoms with Crippen molar-refractivity contribution in [2.45, 2.75) is 37.3 Å². The van der Waals surface area contributed by atoms with Crippen LogP contribution in [-0.4, -0.2) is 18.8 Å². The normalized spacial score (nSPS) is 19.7. The third kappa shape index (κ3) is 2.63. The van der Waals surface area contributed by atoms with Crippen molar-refractivity contribution < 1.29 is 4.74 Å². The van der Waals surface area contributed by atoms with Crippen molar-refractivity contribution in [3.05, 3.63) is 34.9 Å². The van der Waals surface area contributed by atoms with Gasteiger partial charge >= 0.3 is 0 Å². The van der Waals surface area contributed by atoms with Crippen LogP contribution in [0.15, 0.2) is 24.3 Å². The molecule has 1 aliphatic carbocycles. The fourth-order valence-corrected chi connectivity index (χ4v) is 2.73. The van der Waals surface area contributed by atoms with E-state index >= 15 is 0 Å². The van der Waals surface area contributed by atoms with Gasteiger partial charge in [-0.3, -0.25) is 11.3 Å². The van der Waals surface area contributed by atoms with Crippen LogP contribution in [0.2, 0.25) is 5.02 Å². The molecule has 3 N–H and O–H groups in total. The van der Waals surface area contributed by atoms with Gasteiger partial charge in [0.15, 0.2) is 0 Å². The molecule has 0 amide bonds. The van der Waals surface area contributed by atoms with E-state index in [1.807, 2.05) is 18.2 Å². The second-order valence-corrected chi connectivity index (χ2v) is 5.11. The van der Waals surface area contributed by atoms with Crippen molar-refractivity contribution in [1.29, 1.82) is 0 Å². The fourth-order valence-electron chi connectivity index (χ4n) is 2.52. The number of methoxy groups -OCH3 is 1. The number of halogens is 1. The molecule has 0 spiro atoms. The largest absolute Gasteiger partial charge is 0.377 e. The number of nitrogens with two attached hydrogens (primary N) is 1. The molecule has 1 saturated carbocycles. The molecule has 1 aromatic carbocycles. The monoisotopic (exact) mass is 254 g/mol. The lowest BCUT2D eigenvalue weighted by Crippen LogP contribution is -2.59. The van der Waals surface area contributed by atoms with Crippen molar-refractivity contribution in [1.82, 2.24) is 5.43 Å². The van der Waals surface area contributed by atoms with Gasteiger partial charge in [0, 0.05) is 12.1 Å². The van der Waals surface area contributed by atoms with Gasteiger partial charge in [-0.1, -0.05) is 23.7 Å². The highest BCUT2D eigenvalue weighted by Crippen LogP contribution is 2.39. The molecule has 0 saturated heterocycles. The second-order valence-electron chi connectivity index (χ2n) is 4.68. The number of benzene rings is 1. The number of hydrazine groups is 1. The van der Waals surface area contributed by atoms with Crippen molar-refractivity contribution >= 4 is 11.6 Å². The van der Waals surface area contributed by atoms with Crippen molar-refractivity contribution in [2.75, 3.05) is 7.11 Å². The van der Waals surface area contributed by atoms with Crippen LogP contribution < -0.4 is 11.3 Å². The van der Waals surface area contributed by atoms with E-state index in [4.69, 9.17) is 22.2 Å². The SMILES string of the molecule is COC1(C(Cc2cccc(Cl)c2)NN)CCC1. The highest BCUT2D eigenvalue weighted by atomic mass is 35.5. The van der Waals surface area contributed by atoms with Gasteiger partial charge in [-0.25, -0.2) is 0 Å². The molecular weight excluding hydrogens is 236 g/mol. The molecule has 1 aliphatic rings. The Labute approximate surface area is 107 Å². The lowest BCUT2D eigenvalue weighted by molar-refractivity contribution is -0.0982. The molecule has 1 atom stereocenters. The van der Waals surface area contributed by atoms with Gasteiger partial charge in [0.25, 0.3) is 0 Å². The van der Waals surface area contributed by atoms with Gasteiger partial charge < -0.3 is 4.74 Å². The first-order valence-electron chi connectivity index (χ1n) is 5.96. The van der Waals surface area contributed by atoms with Crippen molar-refractivity contribution in [3.8, 4) is 0 Å². The molecule has 0 aliphatic heterocycles. The Bertz CT molecular complexity index is 374. The van der Waals surface area contributed by atoms with E-state index < -0.39 is 0 Å². The predicted octanol–water partition coefficient (Wildman–Crippen LogP) is 2.28. The van der Waals surface area contributed by atoms with E-state index in [1.165, 1.54) is 12.0 Å². The van der Waals surface area contributed by atoms with E-state index in [0.29, 0.717) is 0 Å². The summed E-state index contributed by atoms with van der Waals surface area (Å²) in [5.74, 6) is 5.67. The minimum Gasteiger partial charge on any atom is -0.377 e. The average Bonchev–Trinajstić information content (AvgIpc) is 2.27. The van der Waals surface area contributed by atoms with E-state index in [1.54, 1.807) is 7.11 Å². The molecule has 0 radical (unpaired) electrons. The Hall–Kier alpha value is -0.610. The van der Waals surface area contributed by atoms with Crippen LogP contribution in [0.3, 0.4) is 0 Å². The molecule has 0 aromatic heterocycles. The summed E-state index contributed by atoms with van der Waals surface area (Å²) in [5, 5.41) is 0.762. The molecule has 3 nitrogen and oxygen atoms in total. The lowest BCUT2D eigenvalue weighted by atomic mass is 9.73. The van der Waals surface area contributed by atoms with Crippen LogP contribution in [0.4, 0.5) is 0 Å². The first-order chi connectivity index (χ1) is 8.20. The Morgan fingerprint density at radius 1 is 1.53 bits per heavy atom. The number of hydrogen-bond donors (Lipinski definition) is 2. The summed E-state index contributed by atoms with van der Waals surface area (Å²) in [6.07, 6.45) is 4.18. The fraction of sp³-hybridized carbons (Fsp3) is 0.538. The van der Waals surface area contributed by atoms with Crippen molar-refractivity contribution in [2.24, 2.45) is 5.84 Å². The Kier molecular flexibility index (Phi) is 4.05. The molecule has 1 fully saturated rings. The first kappa shape index (κ1) is 12.8. The van der Waals surface area contributed by atoms with Crippen LogP contribution in [-0.2, 0) is 11.2 Å². The number of ether oxygens (including phenoxy) is 1. The van der Waals surface area contributed by atoms with Gasteiger partial charge in [0.1, 0.15) is 0 Å². The molecule has 94 valence electrons. The summed E-state index contributed by atoms with van der Waals surface area (Å²) in [6, 6.07) is 8.03. The van der Waals surface area contributed by atoms with Gasteiger partial charge in [-0.15, -0.1) is 0 Å². The topological polar surface area (TPSA) is 47.3 Å². The summed E-state index contributed by atoms with van der Waals surface area (Å²) in [5.41, 5.74) is 3.98. The highest BCUT2D eigenvalue weighted by Gasteiger charge is 2.43. The smallest absolute Gasteiger partial charge is 0.0847 e. The molecule has 1 aromatic rings. The summed E-state index contributed by atoms with van der Waals surface area (Å²) in [4.78, 5) is 0.